The van der Waals surface area contributed by atoms with Crippen molar-refractivity contribution in [2.45, 2.75) is 25.2 Å². The molecule has 0 aliphatic carbocycles. The summed E-state index contributed by atoms with van der Waals surface area (Å²) in [6.45, 7) is -0.0105. The first-order valence-corrected chi connectivity index (χ1v) is 3.31. The minimum absolute atomic E-state index is 0.0105. The minimum Gasteiger partial charge on any atom is -0.386 e. The molecule has 1 atom stereocenters. The first-order valence-electron chi connectivity index (χ1n) is 3.31. The zero-order chi connectivity index (χ0) is 12.4. The molecule has 0 radical (unpaired) electrons. The topological polar surface area (TPSA) is 43.4 Å². The number of rotatable bonds is 2. The van der Waals surface area contributed by atoms with E-state index in [1.165, 1.54) is 0 Å². The Bertz CT molecular complexity index is 265. The van der Waals surface area contributed by atoms with Crippen LogP contribution in [0.1, 0.15) is 6.92 Å². The maximum absolute atomic E-state index is 12.1. The number of hydrogen-bond donors (Lipinski definition) is 0. The van der Waals surface area contributed by atoms with Gasteiger partial charge in [0.1, 0.15) is 0 Å². The van der Waals surface area contributed by atoms with Crippen molar-refractivity contribution in [2.75, 3.05) is 0 Å². The lowest BCUT2D eigenvalue weighted by molar-refractivity contribution is -0.207. The van der Waals surface area contributed by atoms with Crippen LogP contribution in [0.4, 0.5) is 26.3 Å². The maximum atomic E-state index is 12.1. The molecule has 0 bridgehead atoms. The Morgan fingerprint density at radius 1 is 1.13 bits per heavy atom. The molecule has 0 aliphatic rings. The van der Waals surface area contributed by atoms with Gasteiger partial charge in [0.05, 0.1) is 0 Å². The van der Waals surface area contributed by atoms with E-state index in [0.29, 0.717) is 0 Å². The molecule has 0 spiro atoms. The molecule has 0 aromatic carbocycles. The molecule has 0 saturated carbocycles. The number of esters is 2. The second kappa shape index (κ2) is 4.07. The fourth-order valence-corrected chi connectivity index (χ4v) is 0.366. The van der Waals surface area contributed by atoms with E-state index >= 15 is 0 Å². The van der Waals surface area contributed by atoms with Gasteiger partial charge < -0.3 is 4.74 Å². The van der Waals surface area contributed by atoms with Crippen molar-refractivity contribution in [3.05, 3.63) is 0 Å². The molecule has 0 amide bonds. The lowest BCUT2D eigenvalue weighted by Gasteiger charge is -2.12. The summed E-state index contributed by atoms with van der Waals surface area (Å²) in [5, 5.41) is 0. The highest BCUT2D eigenvalue weighted by Gasteiger charge is 2.49. The monoisotopic (exact) mass is 238 g/mol. The Hall–Kier alpha value is -1.28. The van der Waals surface area contributed by atoms with E-state index < -0.39 is 30.2 Å². The normalized spacial score (nSPS) is 14.6. The number of halogens is 6. The van der Waals surface area contributed by atoms with Crippen molar-refractivity contribution < 1.29 is 40.7 Å². The van der Waals surface area contributed by atoms with Gasteiger partial charge in [-0.3, -0.25) is 0 Å². The molecule has 0 heterocycles. The number of alkyl halides is 6. The second-order valence-corrected chi connectivity index (χ2v) is 2.50. The fourth-order valence-electron chi connectivity index (χ4n) is 0.366. The van der Waals surface area contributed by atoms with Crippen LogP contribution in [0.3, 0.4) is 0 Å². The summed E-state index contributed by atoms with van der Waals surface area (Å²) >= 11 is 0. The summed E-state index contributed by atoms with van der Waals surface area (Å²) in [4.78, 5) is 20.4. The van der Waals surface area contributed by atoms with Gasteiger partial charge in [0, 0.05) is 6.92 Å². The quantitative estimate of drug-likeness (QED) is 0.417. The van der Waals surface area contributed by atoms with Crippen LogP contribution in [0.15, 0.2) is 0 Å². The van der Waals surface area contributed by atoms with Crippen LogP contribution in [-0.2, 0) is 14.3 Å². The second-order valence-electron chi connectivity index (χ2n) is 2.50. The number of ether oxygens (including phenoxy) is 1. The Kier molecular flexibility index (Phi) is 3.72. The average Bonchev–Trinajstić information content (AvgIpc) is 1.99. The lowest BCUT2D eigenvalue weighted by atomic mass is 10.3. The third kappa shape index (κ3) is 4.17. The molecule has 9 heteroatoms. The highest BCUT2D eigenvalue weighted by Crippen LogP contribution is 2.24. The highest BCUT2D eigenvalue weighted by molar-refractivity contribution is 5.91. The molecule has 0 fully saturated rings. The Labute approximate surface area is 79.0 Å². The van der Waals surface area contributed by atoms with Crippen molar-refractivity contribution in [1.82, 2.24) is 0 Å². The Morgan fingerprint density at radius 3 is 1.80 bits per heavy atom. The zero-order valence-corrected chi connectivity index (χ0v) is 7.07. The molecular formula is C6H4F6O3. The van der Waals surface area contributed by atoms with Crippen LogP contribution >= 0.6 is 0 Å². The average molecular weight is 238 g/mol. The minimum atomic E-state index is -5.60. The molecule has 3 nitrogen and oxygen atoms in total. The lowest BCUT2D eigenvalue weighted by Crippen LogP contribution is -2.38. The third-order valence-corrected chi connectivity index (χ3v) is 1.05. The fraction of sp³-hybridized carbons (Fsp3) is 0.667. The first-order chi connectivity index (χ1) is 6.46. The van der Waals surface area contributed by atoms with Gasteiger partial charge in [0.2, 0.25) is 0 Å². The summed E-state index contributed by atoms with van der Waals surface area (Å²) in [7, 11) is 0. The van der Waals surface area contributed by atoms with E-state index in [-0.39, 0.29) is 6.92 Å². The van der Waals surface area contributed by atoms with Gasteiger partial charge in [0.25, 0.3) is 6.17 Å². The van der Waals surface area contributed by atoms with Gasteiger partial charge in [-0.2, -0.15) is 22.0 Å². The molecule has 1 unspecified atom stereocenters. The summed E-state index contributed by atoms with van der Waals surface area (Å²) in [6, 6.07) is 0. The summed E-state index contributed by atoms with van der Waals surface area (Å²) in [5.41, 5.74) is 0. The van der Waals surface area contributed by atoms with Crippen LogP contribution in [0.25, 0.3) is 0 Å². The molecule has 0 saturated heterocycles. The highest BCUT2D eigenvalue weighted by atomic mass is 19.4. The van der Waals surface area contributed by atoms with Crippen molar-refractivity contribution in [3.63, 3.8) is 0 Å². The Balaban J connectivity index is 4.47. The van der Waals surface area contributed by atoms with Gasteiger partial charge in [-0.15, -0.1) is 0 Å². The van der Waals surface area contributed by atoms with Gasteiger partial charge in [-0.25, -0.2) is 14.0 Å². The molecule has 0 aliphatic heterocycles. The van der Waals surface area contributed by atoms with Crippen molar-refractivity contribution in [3.8, 4) is 0 Å². The maximum Gasteiger partial charge on any atom is 0.430 e. The number of carbonyl (C=O) groups is 2. The van der Waals surface area contributed by atoms with E-state index in [4.69, 9.17) is 0 Å². The summed E-state index contributed by atoms with van der Waals surface area (Å²) < 4.78 is 73.5. The molecule has 0 aromatic rings. The third-order valence-electron chi connectivity index (χ3n) is 1.05. The van der Waals surface area contributed by atoms with E-state index in [1.54, 1.807) is 0 Å². The van der Waals surface area contributed by atoms with Crippen molar-refractivity contribution >= 4 is 11.9 Å². The van der Waals surface area contributed by atoms with Crippen LogP contribution in [0.5, 0.6) is 0 Å². The van der Waals surface area contributed by atoms with Crippen molar-refractivity contribution in [2.24, 2.45) is 0 Å². The predicted octanol–water partition coefficient (Wildman–Crippen LogP) is 1.61. The van der Waals surface area contributed by atoms with Crippen LogP contribution < -0.4 is 0 Å². The zero-order valence-electron chi connectivity index (χ0n) is 7.07. The standard InChI is InChI=1S/C6H4F6O3/c1-5(8,9)4(14)15-3(13)2(7)6(10,11)12/h2H,1H3. The molecule has 88 valence electrons. The summed E-state index contributed by atoms with van der Waals surface area (Å²) in [6.07, 6.45) is -9.72. The number of hydrogen-bond acceptors (Lipinski definition) is 3. The van der Waals surface area contributed by atoms with Gasteiger partial charge in [-0.1, -0.05) is 0 Å². The molecular weight excluding hydrogens is 234 g/mol. The summed E-state index contributed by atoms with van der Waals surface area (Å²) in [5.74, 6) is -9.42. The Morgan fingerprint density at radius 2 is 1.53 bits per heavy atom. The van der Waals surface area contributed by atoms with E-state index in [1.807, 2.05) is 0 Å². The molecule has 0 rings (SSSR count). The molecule has 15 heavy (non-hydrogen) atoms. The number of carbonyl (C=O) groups excluding carboxylic acids is 2. The van der Waals surface area contributed by atoms with Crippen LogP contribution in [0.2, 0.25) is 0 Å². The van der Waals surface area contributed by atoms with Crippen molar-refractivity contribution in [1.29, 1.82) is 0 Å². The van der Waals surface area contributed by atoms with Gasteiger partial charge in [-0.05, 0) is 0 Å². The van der Waals surface area contributed by atoms with Gasteiger partial charge in [0.15, 0.2) is 0 Å². The SMILES string of the molecule is CC(F)(F)C(=O)OC(=O)C(F)C(F)(F)F. The largest absolute Gasteiger partial charge is 0.430 e. The van der Waals surface area contributed by atoms with Crippen LogP contribution in [-0.4, -0.2) is 30.2 Å². The molecule has 0 N–H and O–H groups in total. The van der Waals surface area contributed by atoms with E-state index in [2.05, 4.69) is 4.74 Å². The van der Waals surface area contributed by atoms with Gasteiger partial charge >= 0.3 is 24.0 Å². The van der Waals surface area contributed by atoms with E-state index in [9.17, 15) is 35.9 Å². The smallest absolute Gasteiger partial charge is 0.386 e. The van der Waals surface area contributed by atoms with Crippen LogP contribution in [0, 0.1) is 0 Å². The predicted molar refractivity (Wildman–Crippen MR) is 32.7 cm³/mol. The first kappa shape index (κ1) is 13.7. The van der Waals surface area contributed by atoms with E-state index in [0.717, 1.165) is 0 Å². The molecule has 0 aromatic heterocycles.